The van der Waals surface area contributed by atoms with Gasteiger partial charge in [-0.1, -0.05) is 0 Å². The van der Waals surface area contributed by atoms with Crippen LogP contribution in [-0.2, 0) is 4.79 Å². The molecule has 0 radical (unpaired) electrons. The first-order valence-corrected chi connectivity index (χ1v) is 5.70. The van der Waals surface area contributed by atoms with Gasteiger partial charge in [0.1, 0.15) is 0 Å². The van der Waals surface area contributed by atoms with E-state index in [0.717, 1.165) is 32.1 Å². The first-order valence-electron chi connectivity index (χ1n) is 5.70. The van der Waals surface area contributed by atoms with Crippen molar-refractivity contribution < 1.29 is 9.90 Å². The van der Waals surface area contributed by atoms with E-state index in [1.165, 1.54) is 0 Å². The van der Waals surface area contributed by atoms with Crippen LogP contribution in [0.3, 0.4) is 0 Å². The number of aliphatic hydroxyl groups excluding tert-OH is 1. The molecule has 86 valence electrons. The van der Waals surface area contributed by atoms with E-state index in [9.17, 15) is 4.79 Å². The second-order valence-electron chi connectivity index (χ2n) is 5.38. The zero-order valence-electron chi connectivity index (χ0n) is 9.25. The normalized spacial score (nSPS) is 40.5. The van der Waals surface area contributed by atoms with Crippen molar-refractivity contribution in [3.8, 4) is 0 Å². The molecule has 4 heteroatoms. The predicted octanol–water partition coefficient (Wildman–Crippen LogP) is 0.145. The average Bonchev–Trinajstić information content (AvgIpc) is 2.72. The molecular formula is C11H20N2O2. The highest BCUT2D eigenvalue weighted by Crippen LogP contribution is 2.55. The van der Waals surface area contributed by atoms with Crippen LogP contribution in [0.4, 0.5) is 0 Å². The van der Waals surface area contributed by atoms with Crippen molar-refractivity contribution in [2.75, 3.05) is 6.61 Å². The van der Waals surface area contributed by atoms with Gasteiger partial charge in [0.25, 0.3) is 0 Å². The van der Waals surface area contributed by atoms with Crippen LogP contribution in [0.2, 0.25) is 0 Å². The van der Waals surface area contributed by atoms with Crippen molar-refractivity contribution in [2.45, 2.75) is 50.6 Å². The Morgan fingerprint density at radius 3 is 2.47 bits per heavy atom. The van der Waals surface area contributed by atoms with Gasteiger partial charge in [0.2, 0.25) is 5.91 Å². The molecule has 0 aromatic heterocycles. The Hall–Kier alpha value is -0.610. The SMILES string of the molecule is C[C@H](CO)NC(=O)C12CCC(N)(CC1)C2. The first-order chi connectivity index (χ1) is 7.00. The quantitative estimate of drug-likeness (QED) is 0.623. The summed E-state index contributed by atoms with van der Waals surface area (Å²) >= 11 is 0. The molecule has 2 bridgehead atoms. The second-order valence-corrected chi connectivity index (χ2v) is 5.38. The third kappa shape index (κ3) is 1.76. The van der Waals surface area contributed by atoms with Crippen LogP contribution in [0.25, 0.3) is 0 Å². The second kappa shape index (κ2) is 3.46. The summed E-state index contributed by atoms with van der Waals surface area (Å²) in [6.07, 6.45) is 4.58. The minimum Gasteiger partial charge on any atom is -0.394 e. The molecule has 0 unspecified atom stereocenters. The number of hydrogen-bond acceptors (Lipinski definition) is 3. The topological polar surface area (TPSA) is 75.3 Å². The maximum Gasteiger partial charge on any atom is 0.226 e. The molecule has 2 fully saturated rings. The number of nitrogens with one attached hydrogen (secondary N) is 1. The number of fused-ring (bicyclic) bond motifs is 2. The van der Waals surface area contributed by atoms with E-state index in [4.69, 9.17) is 10.8 Å². The smallest absolute Gasteiger partial charge is 0.226 e. The van der Waals surface area contributed by atoms with Crippen molar-refractivity contribution in [3.05, 3.63) is 0 Å². The van der Waals surface area contributed by atoms with Crippen LogP contribution in [0, 0.1) is 5.41 Å². The maximum atomic E-state index is 12.1. The van der Waals surface area contributed by atoms with Crippen molar-refractivity contribution >= 4 is 5.91 Å². The Bertz CT molecular complexity index is 270. The van der Waals surface area contributed by atoms with Crippen molar-refractivity contribution in [1.29, 1.82) is 0 Å². The largest absolute Gasteiger partial charge is 0.394 e. The third-order valence-electron chi connectivity index (χ3n) is 4.03. The van der Waals surface area contributed by atoms with E-state index >= 15 is 0 Å². The van der Waals surface area contributed by atoms with Gasteiger partial charge in [-0.3, -0.25) is 4.79 Å². The van der Waals surface area contributed by atoms with E-state index in [0.29, 0.717) is 0 Å². The van der Waals surface area contributed by atoms with Gasteiger partial charge in [0.05, 0.1) is 12.0 Å². The Morgan fingerprint density at radius 1 is 1.47 bits per heavy atom. The fourth-order valence-electron chi connectivity index (χ4n) is 2.98. The van der Waals surface area contributed by atoms with Crippen molar-refractivity contribution in [2.24, 2.45) is 11.1 Å². The summed E-state index contributed by atoms with van der Waals surface area (Å²) in [4.78, 5) is 12.1. The van der Waals surface area contributed by atoms with Gasteiger partial charge in [-0.05, 0) is 39.0 Å². The molecule has 2 saturated carbocycles. The van der Waals surface area contributed by atoms with Gasteiger partial charge < -0.3 is 16.2 Å². The number of aliphatic hydroxyl groups is 1. The standard InChI is InChI=1S/C11H20N2O2/c1-8(6-14)13-9(15)10-2-4-11(12,7-10)5-3-10/h8,14H,2-7,12H2,1H3,(H,13,15)/t8-,10?,11?/m1/s1. The summed E-state index contributed by atoms with van der Waals surface area (Å²) in [5, 5.41) is 11.8. The van der Waals surface area contributed by atoms with Crippen LogP contribution in [0.1, 0.15) is 39.0 Å². The molecule has 1 atom stereocenters. The highest BCUT2D eigenvalue weighted by molar-refractivity contribution is 5.84. The Morgan fingerprint density at radius 2 is 2.07 bits per heavy atom. The van der Waals surface area contributed by atoms with Crippen LogP contribution < -0.4 is 11.1 Å². The van der Waals surface area contributed by atoms with Gasteiger partial charge in [0, 0.05) is 11.6 Å². The third-order valence-corrected chi connectivity index (χ3v) is 4.03. The number of carbonyl (C=O) groups is 1. The molecule has 4 N–H and O–H groups in total. The monoisotopic (exact) mass is 212 g/mol. The minimum absolute atomic E-state index is 0.00438. The molecule has 0 aromatic rings. The van der Waals surface area contributed by atoms with Gasteiger partial charge in [-0.15, -0.1) is 0 Å². The fraction of sp³-hybridized carbons (Fsp3) is 0.909. The summed E-state index contributed by atoms with van der Waals surface area (Å²) in [5.74, 6) is 0.0916. The molecule has 0 spiro atoms. The van der Waals surface area contributed by atoms with Crippen LogP contribution >= 0.6 is 0 Å². The Kier molecular flexibility index (Phi) is 2.51. The molecular weight excluding hydrogens is 192 g/mol. The molecule has 2 rings (SSSR count). The van der Waals surface area contributed by atoms with E-state index in [2.05, 4.69) is 5.32 Å². The molecule has 4 nitrogen and oxygen atoms in total. The van der Waals surface area contributed by atoms with Crippen molar-refractivity contribution in [3.63, 3.8) is 0 Å². The fourth-order valence-corrected chi connectivity index (χ4v) is 2.98. The summed E-state index contributed by atoms with van der Waals surface area (Å²) in [7, 11) is 0. The van der Waals surface area contributed by atoms with E-state index in [1.807, 2.05) is 6.92 Å². The summed E-state index contributed by atoms with van der Waals surface area (Å²) < 4.78 is 0. The average molecular weight is 212 g/mol. The molecule has 0 saturated heterocycles. The molecule has 2 aliphatic rings. The number of rotatable bonds is 3. The molecule has 1 amide bonds. The molecule has 0 heterocycles. The highest BCUT2D eigenvalue weighted by atomic mass is 16.3. The number of amides is 1. The van der Waals surface area contributed by atoms with Crippen LogP contribution in [-0.4, -0.2) is 29.2 Å². The lowest BCUT2D eigenvalue weighted by molar-refractivity contribution is -0.131. The lowest BCUT2D eigenvalue weighted by atomic mass is 9.83. The zero-order valence-corrected chi connectivity index (χ0v) is 9.25. The lowest BCUT2D eigenvalue weighted by Crippen LogP contribution is -2.44. The maximum absolute atomic E-state index is 12.1. The molecule has 0 aliphatic heterocycles. The van der Waals surface area contributed by atoms with Gasteiger partial charge in [0.15, 0.2) is 0 Å². The van der Waals surface area contributed by atoms with Crippen LogP contribution in [0.15, 0.2) is 0 Å². The van der Waals surface area contributed by atoms with Gasteiger partial charge in [-0.25, -0.2) is 0 Å². The van der Waals surface area contributed by atoms with E-state index in [-0.39, 0.29) is 29.5 Å². The predicted molar refractivity (Wildman–Crippen MR) is 57.1 cm³/mol. The highest BCUT2D eigenvalue weighted by Gasteiger charge is 2.56. The molecule has 15 heavy (non-hydrogen) atoms. The Balaban J connectivity index is 2.02. The van der Waals surface area contributed by atoms with Crippen LogP contribution in [0.5, 0.6) is 0 Å². The van der Waals surface area contributed by atoms with E-state index < -0.39 is 0 Å². The zero-order chi connectivity index (χ0) is 11.1. The van der Waals surface area contributed by atoms with E-state index in [1.54, 1.807) is 0 Å². The van der Waals surface area contributed by atoms with Gasteiger partial charge in [-0.2, -0.15) is 0 Å². The van der Waals surface area contributed by atoms with Crippen molar-refractivity contribution in [1.82, 2.24) is 5.32 Å². The summed E-state index contributed by atoms with van der Waals surface area (Å²) in [6.45, 7) is 1.81. The number of hydrogen-bond donors (Lipinski definition) is 3. The lowest BCUT2D eigenvalue weighted by Gasteiger charge is -2.26. The number of carbonyl (C=O) groups excluding carboxylic acids is 1. The number of nitrogens with two attached hydrogens (primary N) is 1. The Labute approximate surface area is 90.2 Å². The summed E-state index contributed by atoms with van der Waals surface area (Å²) in [5.41, 5.74) is 5.85. The van der Waals surface area contributed by atoms with Gasteiger partial charge >= 0.3 is 0 Å². The molecule has 2 aliphatic carbocycles. The minimum atomic E-state index is -0.224. The molecule has 0 aromatic carbocycles. The first kappa shape index (κ1) is 10.9. The summed E-state index contributed by atoms with van der Waals surface area (Å²) in [6, 6.07) is -0.153.